The van der Waals surface area contributed by atoms with E-state index in [4.69, 9.17) is 11.6 Å². The molecule has 1 N–H and O–H groups in total. The standard InChI is InChI=1S/C12H16ClN/c13-12-7-2-1-5-10(12)9-11-6-3-4-8-14-11/h1-2,5,7,11,14H,3-4,6,8-9H2/t11-/m0/s1. The normalized spacial score (nSPS) is 22.2. The molecule has 1 atom stereocenters. The van der Waals surface area contributed by atoms with Gasteiger partial charge in [-0.1, -0.05) is 36.2 Å². The van der Waals surface area contributed by atoms with E-state index in [1.807, 2.05) is 12.1 Å². The molecule has 0 amide bonds. The third-order valence-corrected chi connectivity index (χ3v) is 3.21. The van der Waals surface area contributed by atoms with E-state index >= 15 is 0 Å². The van der Waals surface area contributed by atoms with E-state index in [9.17, 15) is 0 Å². The summed E-state index contributed by atoms with van der Waals surface area (Å²) in [4.78, 5) is 0. The van der Waals surface area contributed by atoms with Crippen molar-refractivity contribution in [3.05, 3.63) is 34.9 Å². The summed E-state index contributed by atoms with van der Waals surface area (Å²) in [6.45, 7) is 1.16. The van der Waals surface area contributed by atoms with Crippen molar-refractivity contribution in [3.63, 3.8) is 0 Å². The van der Waals surface area contributed by atoms with Crippen LogP contribution in [-0.4, -0.2) is 12.6 Å². The molecule has 76 valence electrons. The van der Waals surface area contributed by atoms with Crippen LogP contribution >= 0.6 is 11.6 Å². The van der Waals surface area contributed by atoms with Crippen LogP contribution in [0.3, 0.4) is 0 Å². The SMILES string of the molecule is Clc1ccccc1C[C@@H]1CCCCN1. The molecule has 2 rings (SSSR count). The Kier molecular flexibility index (Phi) is 3.44. The summed E-state index contributed by atoms with van der Waals surface area (Å²) in [6, 6.07) is 8.77. The fourth-order valence-electron chi connectivity index (χ4n) is 2.03. The molecule has 1 aliphatic heterocycles. The minimum absolute atomic E-state index is 0.628. The Morgan fingerprint density at radius 1 is 1.29 bits per heavy atom. The van der Waals surface area contributed by atoms with Crippen LogP contribution in [0.15, 0.2) is 24.3 Å². The van der Waals surface area contributed by atoms with Gasteiger partial charge in [0.2, 0.25) is 0 Å². The maximum atomic E-state index is 6.12. The van der Waals surface area contributed by atoms with Crippen molar-refractivity contribution in [2.45, 2.75) is 31.7 Å². The van der Waals surface area contributed by atoms with E-state index in [1.165, 1.54) is 24.8 Å². The molecule has 1 aliphatic rings. The topological polar surface area (TPSA) is 12.0 Å². The minimum atomic E-state index is 0.628. The van der Waals surface area contributed by atoms with Gasteiger partial charge in [-0.05, 0) is 37.4 Å². The van der Waals surface area contributed by atoms with Crippen LogP contribution in [0.2, 0.25) is 5.02 Å². The highest BCUT2D eigenvalue weighted by Gasteiger charge is 2.13. The number of rotatable bonds is 2. The molecule has 2 heteroatoms. The molecule has 1 aromatic carbocycles. The first kappa shape index (κ1) is 10.0. The Hall–Kier alpha value is -0.530. The van der Waals surface area contributed by atoms with E-state index < -0.39 is 0 Å². The number of nitrogens with one attached hydrogen (secondary N) is 1. The van der Waals surface area contributed by atoms with Crippen LogP contribution in [0.5, 0.6) is 0 Å². The van der Waals surface area contributed by atoms with Crippen LogP contribution in [0.1, 0.15) is 24.8 Å². The van der Waals surface area contributed by atoms with Gasteiger partial charge in [-0.15, -0.1) is 0 Å². The molecule has 14 heavy (non-hydrogen) atoms. The zero-order chi connectivity index (χ0) is 9.80. The van der Waals surface area contributed by atoms with Gasteiger partial charge < -0.3 is 5.32 Å². The Morgan fingerprint density at radius 2 is 2.14 bits per heavy atom. The van der Waals surface area contributed by atoms with Gasteiger partial charge in [0.1, 0.15) is 0 Å². The lowest BCUT2D eigenvalue weighted by Gasteiger charge is -2.23. The molecule has 1 nitrogen and oxygen atoms in total. The zero-order valence-electron chi connectivity index (χ0n) is 8.30. The van der Waals surface area contributed by atoms with Crippen molar-refractivity contribution >= 4 is 11.6 Å². The molecular formula is C12H16ClN. The monoisotopic (exact) mass is 209 g/mol. The van der Waals surface area contributed by atoms with Gasteiger partial charge in [0.25, 0.3) is 0 Å². The molecule has 0 bridgehead atoms. The number of hydrogen-bond donors (Lipinski definition) is 1. The lowest BCUT2D eigenvalue weighted by atomic mass is 9.98. The van der Waals surface area contributed by atoms with Gasteiger partial charge in [-0.25, -0.2) is 0 Å². The van der Waals surface area contributed by atoms with E-state index in [2.05, 4.69) is 17.4 Å². The Morgan fingerprint density at radius 3 is 2.86 bits per heavy atom. The summed E-state index contributed by atoms with van der Waals surface area (Å²) < 4.78 is 0. The first-order chi connectivity index (χ1) is 6.86. The predicted molar refractivity (Wildman–Crippen MR) is 60.8 cm³/mol. The van der Waals surface area contributed by atoms with Crippen molar-refractivity contribution < 1.29 is 0 Å². The van der Waals surface area contributed by atoms with Crippen LogP contribution < -0.4 is 5.32 Å². The minimum Gasteiger partial charge on any atom is -0.314 e. The average molecular weight is 210 g/mol. The van der Waals surface area contributed by atoms with Crippen LogP contribution in [0.4, 0.5) is 0 Å². The molecule has 0 saturated carbocycles. The van der Waals surface area contributed by atoms with Crippen molar-refractivity contribution in [1.82, 2.24) is 5.32 Å². The molecule has 0 unspecified atom stereocenters. The molecule has 0 aliphatic carbocycles. The number of benzene rings is 1. The molecule has 1 heterocycles. The van der Waals surface area contributed by atoms with E-state index in [0.717, 1.165) is 18.0 Å². The van der Waals surface area contributed by atoms with Crippen molar-refractivity contribution in [1.29, 1.82) is 0 Å². The molecule has 1 saturated heterocycles. The number of hydrogen-bond acceptors (Lipinski definition) is 1. The fourth-order valence-corrected chi connectivity index (χ4v) is 2.24. The Bertz CT molecular complexity index is 292. The van der Waals surface area contributed by atoms with E-state index in [-0.39, 0.29) is 0 Å². The second-order valence-corrected chi connectivity index (χ2v) is 4.35. The molecule has 0 aromatic heterocycles. The van der Waals surface area contributed by atoms with Gasteiger partial charge >= 0.3 is 0 Å². The molecule has 1 aromatic rings. The zero-order valence-corrected chi connectivity index (χ0v) is 9.06. The highest BCUT2D eigenvalue weighted by atomic mass is 35.5. The maximum absolute atomic E-state index is 6.12. The van der Waals surface area contributed by atoms with Crippen molar-refractivity contribution in [3.8, 4) is 0 Å². The molecule has 0 spiro atoms. The highest BCUT2D eigenvalue weighted by molar-refractivity contribution is 6.31. The van der Waals surface area contributed by atoms with E-state index in [0.29, 0.717) is 6.04 Å². The first-order valence-corrected chi connectivity index (χ1v) is 5.71. The van der Waals surface area contributed by atoms with Crippen LogP contribution in [0, 0.1) is 0 Å². The predicted octanol–water partition coefficient (Wildman–Crippen LogP) is 3.02. The molecular weight excluding hydrogens is 194 g/mol. The average Bonchev–Trinajstić information content (AvgIpc) is 2.23. The lowest BCUT2D eigenvalue weighted by Crippen LogP contribution is -2.35. The third kappa shape index (κ3) is 2.49. The second kappa shape index (κ2) is 4.81. The van der Waals surface area contributed by atoms with E-state index in [1.54, 1.807) is 0 Å². The summed E-state index contributed by atoms with van der Waals surface area (Å²) >= 11 is 6.12. The third-order valence-electron chi connectivity index (χ3n) is 2.84. The molecule has 0 radical (unpaired) electrons. The van der Waals surface area contributed by atoms with Gasteiger partial charge in [-0.3, -0.25) is 0 Å². The van der Waals surface area contributed by atoms with Crippen molar-refractivity contribution in [2.75, 3.05) is 6.54 Å². The van der Waals surface area contributed by atoms with Crippen molar-refractivity contribution in [2.24, 2.45) is 0 Å². The van der Waals surface area contributed by atoms with Crippen LogP contribution in [-0.2, 0) is 6.42 Å². The summed E-state index contributed by atoms with van der Waals surface area (Å²) in [5.41, 5.74) is 1.27. The second-order valence-electron chi connectivity index (χ2n) is 3.94. The largest absolute Gasteiger partial charge is 0.314 e. The highest BCUT2D eigenvalue weighted by Crippen LogP contribution is 2.19. The lowest BCUT2D eigenvalue weighted by molar-refractivity contribution is 0.399. The van der Waals surface area contributed by atoms with Gasteiger partial charge in [-0.2, -0.15) is 0 Å². The smallest absolute Gasteiger partial charge is 0.0438 e. The maximum Gasteiger partial charge on any atom is 0.0438 e. The Labute approximate surface area is 90.5 Å². The van der Waals surface area contributed by atoms with Gasteiger partial charge in [0, 0.05) is 11.1 Å². The first-order valence-electron chi connectivity index (χ1n) is 5.33. The van der Waals surface area contributed by atoms with Gasteiger partial charge in [0.15, 0.2) is 0 Å². The summed E-state index contributed by atoms with van der Waals surface area (Å²) in [6.07, 6.45) is 5.02. The summed E-state index contributed by atoms with van der Waals surface area (Å²) in [5.74, 6) is 0. The van der Waals surface area contributed by atoms with Gasteiger partial charge in [0.05, 0.1) is 0 Å². The Balaban J connectivity index is 1.99. The number of piperidine rings is 1. The fraction of sp³-hybridized carbons (Fsp3) is 0.500. The number of halogens is 1. The summed E-state index contributed by atoms with van der Waals surface area (Å²) in [5, 5.41) is 4.44. The molecule has 1 fully saturated rings. The van der Waals surface area contributed by atoms with Crippen LogP contribution in [0.25, 0.3) is 0 Å². The summed E-state index contributed by atoms with van der Waals surface area (Å²) in [7, 11) is 0. The quantitative estimate of drug-likeness (QED) is 0.790.